The van der Waals surface area contributed by atoms with Crippen LogP contribution in [0.2, 0.25) is 0 Å². The van der Waals surface area contributed by atoms with E-state index < -0.39 is 6.09 Å². The fourth-order valence-electron chi connectivity index (χ4n) is 3.58. The zero-order valence-electron chi connectivity index (χ0n) is 19.4. The first-order valence-electron chi connectivity index (χ1n) is 10.7. The summed E-state index contributed by atoms with van der Waals surface area (Å²) >= 11 is 0. The number of anilines is 2. The SMILES string of the molecule is COC(=O)N(C)c1ccc(NC(=O)c2cc3ccccc3cc2OCc2c(C)noc2C)cc1. The van der Waals surface area contributed by atoms with Crippen molar-refractivity contribution in [3.8, 4) is 5.75 Å². The quantitative estimate of drug-likeness (QED) is 0.410. The number of carbonyl (C=O) groups is 2. The van der Waals surface area contributed by atoms with Crippen LogP contribution in [-0.4, -0.2) is 31.3 Å². The van der Waals surface area contributed by atoms with E-state index in [0.29, 0.717) is 28.4 Å². The zero-order valence-corrected chi connectivity index (χ0v) is 19.4. The summed E-state index contributed by atoms with van der Waals surface area (Å²) < 4.78 is 16.0. The van der Waals surface area contributed by atoms with Crippen molar-refractivity contribution in [1.29, 1.82) is 0 Å². The summed E-state index contributed by atoms with van der Waals surface area (Å²) in [6.07, 6.45) is -0.479. The predicted octanol–water partition coefficient (Wildman–Crippen LogP) is 5.48. The van der Waals surface area contributed by atoms with E-state index >= 15 is 0 Å². The standard InChI is InChI=1S/C26H25N3O5/c1-16-23(17(2)34-28-16)15-33-24-14-19-8-6-5-7-18(19)13-22(24)25(30)27-20-9-11-21(12-10-20)29(3)26(31)32-4/h5-14H,15H2,1-4H3,(H,27,30). The Balaban J connectivity index is 1.60. The summed E-state index contributed by atoms with van der Waals surface area (Å²) in [6.45, 7) is 3.91. The van der Waals surface area contributed by atoms with Crippen molar-refractivity contribution in [1.82, 2.24) is 5.16 Å². The molecular weight excluding hydrogens is 434 g/mol. The number of methoxy groups -OCH3 is 1. The Morgan fingerprint density at radius 1 is 1.03 bits per heavy atom. The number of rotatable bonds is 6. The summed E-state index contributed by atoms with van der Waals surface area (Å²) in [6, 6.07) is 18.3. The van der Waals surface area contributed by atoms with Crippen LogP contribution in [0.15, 0.2) is 65.2 Å². The summed E-state index contributed by atoms with van der Waals surface area (Å²) in [5.41, 5.74) is 3.23. The third-order valence-corrected chi connectivity index (χ3v) is 5.61. The van der Waals surface area contributed by atoms with E-state index in [2.05, 4.69) is 10.5 Å². The van der Waals surface area contributed by atoms with Crippen molar-refractivity contribution in [3.05, 3.63) is 83.2 Å². The van der Waals surface area contributed by atoms with Gasteiger partial charge >= 0.3 is 6.09 Å². The summed E-state index contributed by atoms with van der Waals surface area (Å²) in [4.78, 5) is 26.3. The van der Waals surface area contributed by atoms with Gasteiger partial charge in [-0.3, -0.25) is 9.69 Å². The Hall–Kier alpha value is -4.33. The van der Waals surface area contributed by atoms with Gasteiger partial charge in [-0.25, -0.2) is 4.79 Å². The Morgan fingerprint density at radius 3 is 2.32 bits per heavy atom. The lowest BCUT2D eigenvalue weighted by atomic mass is 10.0. The predicted molar refractivity (Wildman–Crippen MR) is 129 cm³/mol. The van der Waals surface area contributed by atoms with E-state index in [4.69, 9.17) is 14.0 Å². The van der Waals surface area contributed by atoms with Crippen LogP contribution in [0, 0.1) is 13.8 Å². The van der Waals surface area contributed by atoms with Gasteiger partial charge in [0.25, 0.3) is 5.91 Å². The third kappa shape index (κ3) is 4.71. The normalized spacial score (nSPS) is 10.7. The van der Waals surface area contributed by atoms with Crippen LogP contribution in [0.25, 0.3) is 10.8 Å². The largest absolute Gasteiger partial charge is 0.488 e. The molecule has 0 aliphatic carbocycles. The number of nitrogens with one attached hydrogen (secondary N) is 1. The molecule has 34 heavy (non-hydrogen) atoms. The molecule has 0 fully saturated rings. The lowest BCUT2D eigenvalue weighted by Gasteiger charge is -2.16. The van der Waals surface area contributed by atoms with Gasteiger partial charge in [-0.2, -0.15) is 0 Å². The molecule has 1 N–H and O–H groups in total. The first-order chi connectivity index (χ1) is 16.4. The van der Waals surface area contributed by atoms with Gasteiger partial charge in [-0.1, -0.05) is 29.4 Å². The van der Waals surface area contributed by atoms with Crippen molar-refractivity contribution in [3.63, 3.8) is 0 Å². The lowest BCUT2D eigenvalue weighted by molar-refractivity contribution is 0.102. The van der Waals surface area contributed by atoms with Crippen LogP contribution in [0.4, 0.5) is 16.2 Å². The minimum Gasteiger partial charge on any atom is -0.488 e. The number of carbonyl (C=O) groups excluding carboxylic acids is 2. The molecule has 8 nitrogen and oxygen atoms in total. The molecule has 4 aromatic rings. The molecule has 1 heterocycles. The molecule has 4 rings (SSSR count). The molecule has 0 unspecified atom stereocenters. The lowest BCUT2D eigenvalue weighted by Crippen LogP contribution is -2.25. The maximum absolute atomic E-state index is 13.2. The number of nitrogens with zero attached hydrogens (tertiary/aromatic N) is 2. The maximum atomic E-state index is 13.2. The number of hydrogen-bond donors (Lipinski definition) is 1. The van der Waals surface area contributed by atoms with Crippen LogP contribution in [0.5, 0.6) is 5.75 Å². The number of ether oxygens (including phenoxy) is 2. The minimum atomic E-state index is -0.479. The summed E-state index contributed by atoms with van der Waals surface area (Å²) in [7, 11) is 2.93. The highest BCUT2D eigenvalue weighted by atomic mass is 16.5. The molecule has 0 aliphatic rings. The molecular formula is C26H25N3O5. The molecule has 2 amide bonds. The van der Waals surface area contributed by atoms with E-state index in [1.165, 1.54) is 12.0 Å². The second-order valence-electron chi connectivity index (χ2n) is 7.82. The highest BCUT2D eigenvalue weighted by molar-refractivity contribution is 6.08. The number of aromatic nitrogens is 1. The minimum absolute atomic E-state index is 0.231. The molecule has 0 saturated heterocycles. The topological polar surface area (TPSA) is 93.9 Å². The molecule has 0 spiro atoms. The van der Waals surface area contributed by atoms with Gasteiger partial charge in [0.2, 0.25) is 0 Å². The fraction of sp³-hybridized carbons (Fsp3) is 0.192. The molecule has 0 saturated carbocycles. The van der Waals surface area contributed by atoms with E-state index in [1.807, 2.05) is 50.2 Å². The highest BCUT2D eigenvalue weighted by Crippen LogP contribution is 2.29. The molecule has 0 aliphatic heterocycles. The molecule has 174 valence electrons. The molecule has 0 bridgehead atoms. The van der Waals surface area contributed by atoms with Gasteiger partial charge in [0.1, 0.15) is 18.1 Å². The number of aryl methyl sites for hydroxylation is 2. The van der Waals surface area contributed by atoms with Crippen molar-refractivity contribution >= 4 is 34.1 Å². The number of hydrogen-bond acceptors (Lipinski definition) is 6. The van der Waals surface area contributed by atoms with Gasteiger partial charge in [0.15, 0.2) is 0 Å². The van der Waals surface area contributed by atoms with Crippen LogP contribution in [0.1, 0.15) is 27.4 Å². The zero-order chi connectivity index (χ0) is 24.2. The van der Waals surface area contributed by atoms with Gasteiger partial charge < -0.3 is 19.3 Å². The monoisotopic (exact) mass is 459 g/mol. The van der Waals surface area contributed by atoms with Gasteiger partial charge in [0.05, 0.1) is 23.9 Å². The van der Waals surface area contributed by atoms with Crippen molar-refractivity contribution < 1.29 is 23.6 Å². The smallest absolute Gasteiger partial charge is 0.413 e. The van der Waals surface area contributed by atoms with E-state index in [9.17, 15) is 9.59 Å². The molecule has 3 aromatic carbocycles. The second kappa shape index (κ2) is 9.66. The number of amides is 2. The number of fused-ring (bicyclic) bond motifs is 1. The van der Waals surface area contributed by atoms with E-state index in [-0.39, 0.29) is 12.5 Å². The molecule has 8 heteroatoms. The fourth-order valence-corrected chi connectivity index (χ4v) is 3.58. The first-order valence-corrected chi connectivity index (χ1v) is 10.7. The van der Waals surface area contributed by atoms with Crippen LogP contribution in [-0.2, 0) is 11.3 Å². The van der Waals surface area contributed by atoms with E-state index in [1.54, 1.807) is 31.3 Å². The van der Waals surface area contributed by atoms with Crippen LogP contribution >= 0.6 is 0 Å². The highest BCUT2D eigenvalue weighted by Gasteiger charge is 2.17. The van der Waals surface area contributed by atoms with Crippen molar-refractivity contribution in [2.24, 2.45) is 0 Å². The van der Waals surface area contributed by atoms with Gasteiger partial charge in [0, 0.05) is 18.4 Å². The van der Waals surface area contributed by atoms with Crippen molar-refractivity contribution in [2.45, 2.75) is 20.5 Å². The molecule has 0 atom stereocenters. The van der Waals surface area contributed by atoms with Crippen molar-refractivity contribution in [2.75, 3.05) is 24.4 Å². The average Bonchev–Trinajstić information content (AvgIpc) is 3.18. The second-order valence-corrected chi connectivity index (χ2v) is 7.82. The van der Waals surface area contributed by atoms with E-state index in [0.717, 1.165) is 22.0 Å². The number of benzene rings is 3. The van der Waals surface area contributed by atoms with Gasteiger partial charge in [-0.15, -0.1) is 0 Å². The van der Waals surface area contributed by atoms with Gasteiger partial charge in [-0.05, 0) is 61.0 Å². The Morgan fingerprint density at radius 2 is 1.71 bits per heavy atom. The summed E-state index contributed by atoms with van der Waals surface area (Å²) in [5, 5.41) is 8.75. The molecule has 1 aromatic heterocycles. The summed E-state index contributed by atoms with van der Waals surface area (Å²) in [5.74, 6) is 0.827. The first kappa shape index (κ1) is 22.8. The third-order valence-electron chi connectivity index (χ3n) is 5.61. The van der Waals surface area contributed by atoms with Crippen LogP contribution < -0.4 is 15.0 Å². The Kier molecular flexibility index (Phi) is 6.49. The Labute approximate surface area is 197 Å². The average molecular weight is 460 g/mol. The molecule has 0 radical (unpaired) electrons. The van der Waals surface area contributed by atoms with Crippen LogP contribution in [0.3, 0.4) is 0 Å². The Bertz CT molecular complexity index is 1330. The maximum Gasteiger partial charge on any atom is 0.413 e.